The quantitative estimate of drug-likeness (QED) is 0.895. The van der Waals surface area contributed by atoms with E-state index in [2.05, 4.69) is 20.3 Å². The second kappa shape index (κ2) is 5.33. The molecule has 7 nitrogen and oxygen atoms in total. The van der Waals surface area contributed by atoms with E-state index in [-0.39, 0.29) is 17.9 Å². The van der Waals surface area contributed by atoms with Crippen molar-refractivity contribution in [2.24, 2.45) is 5.92 Å². The number of hydrogen-bond donors (Lipinski definition) is 1. The van der Waals surface area contributed by atoms with Gasteiger partial charge in [0.1, 0.15) is 5.82 Å². The zero-order chi connectivity index (χ0) is 16.0. The summed E-state index contributed by atoms with van der Waals surface area (Å²) in [6, 6.07) is 2.20. The first-order valence-electron chi connectivity index (χ1n) is 8.03. The van der Waals surface area contributed by atoms with Crippen molar-refractivity contribution in [2.45, 2.75) is 32.7 Å². The Bertz CT molecular complexity index is 755. The number of aryl methyl sites for hydroxylation is 2. The molecular formula is C16H20N6O. The predicted octanol–water partition coefficient (Wildman–Crippen LogP) is 0.994. The van der Waals surface area contributed by atoms with Crippen molar-refractivity contribution in [1.29, 1.82) is 0 Å². The zero-order valence-corrected chi connectivity index (χ0v) is 13.4. The molecule has 0 radical (unpaired) electrons. The van der Waals surface area contributed by atoms with E-state index in [0.29, 0.717) is 12.4 Å². The van der Waals surface area contributed by atoms with Crippen LogP contribution in [0.1, 0.15) is 24.2 Å². The Hall–Kier alpha value is -2.44. The van der Waals surface area contributed by atoms with E-state index in [0.717, 1.165) is 36.6 Å². The Morgan fingerprint density at radius 2 is 2.09 bits per heavy atom. The maximum absolute atomic E-state index is 11.9. The molecule has 0 spiro atoms. The Labute approximate surface area is 134 Å². The predicted molar refractivity (Wildman–Crippen MR) is 85.5 cm³/mol. The number of nitrogens with one attached hydrogen (secondary N) is 1. The molecule has 2 aliphatic heterocycles. The molecule has 0 aliphatic carbocycles. The van der Waals surface area contributed by atoms with Crippen LogP contribution in [-0.2, 0) is 4.79 Å². The van der Waals surface area contributed by atoms with Crippen LogP contribution in [0.15, 0.2) is 18.5 Å². The molecule has 7 heteroatoms. The van der Waals surface area contributed by atoms with Crippen molar-refractivity contribution in [3.05, 3.63) is 29.8 Å². The van der Waals surface area contributed by atoms with Crippen LogP contribution >= 0.6 is 0 Å². The van der Waals surface area contributed by atoms with Crippen LogP contribution in [0.5, 0.6) is 0 Å². The van der Waals surface area contributed by atoms with Crippen LogP contribution in [0.25, 0.3) is 5.82 Å². The highest BCUT2D eigenvalue weighted by atomic mass is 16.2. The van der Waals surface area contributed by atoms with E-state index in [4.69, 9.17) is 4.98 Å². The van der Waals surface area contributed by atoms with E-state index in [1.165, 1.54) is 0 Å². The van der Waals surface area contributed by atoms with Gasteiger partial charge in [-0.2, -0.15) is 5.10 Å². The molecule has 0 bridgehead atoms. The maximum Gasteiger partial charge on any atom is 0.225 e. The standard InChI is InChI=1S/C16H20N6O/c1-10-6-11(2)22(20-10)15-9-17-8-14(19-15)21-5-3-4-12-13(21)7-18-16(12)23/h6,8-9,12-13H,3-5,7H2,1-2H3,(H,18,23)/t12-,13-/m1/s1. The third-order valence-corrected chi connectivity index (χ3v) is 4.73. The fourth-order valence-electron chi connectivity index (χ4n) is 3.68. The van der Waals surface area contributed by atoms with Gasteiger partial charge in [0.2, 0.25) is 5.91 Å². The van der Waals surface area contributed by atoms with Crippen molar-refractivity contribution in [2.75, 3.05) is 18.0 Å². The average Bonchev–Trinajstić information content (AvgIpc) is 3.10. The van der Waals surface area contributed by atoms with Crippen LogP contribution in [0.4, 0.5) is 5.82 Å². The molecule has 2 atom stereocenters. The molecule has 1 amide bonds. The largest absolute Gasteiger partial charge is 0.354 e. The molecule has 2 fully saturated rings. The molecule has 0 unspecified atom stereocenters. The van der Waals surface area contributed by atoms with E-state index < -0.39 is 0 Å². The number of fused-ring (bicyclic) bond motifs is 1. The summed E-state index contributed by atoms with van der Waals surface area (Å²) in [6.07, 6.45) is 5.46. The van der Waals surface area contributed by atoms with Crippen molar-refractivity contribution in [3.8, 4) is 5.82 Å². The number of rotatable bonds is 2. The van der Waals surface area contributed by atoms with Gasteiger partial charge in [-0.05, 0) is 32.8 Å². The highest BCUT2D eigenvalue weighted by Gasteiger charge is 2.41. The van der Waals surface area contributed by atoms with E-state index in [9.17, 15) is 4.79 Å². The summed E-state index contributed by atoms with van der Waals surface area (Å²) in [7, 11) is 0. The molecule has 0 aromatic carbocycles. The van der Waals surface area contributed by atoms with Crippen molar-refractivity contribution in [3.63, 3.8) is 0 Å². The average molecular weight is 312 g/mol. The van der Waals surface area contributed by atoms with Gasteiger partial charge in [0.25, 0.3) is 0 Å². The van der Waals surface area contributed by atoms with Gasteiger partial charge in [-0.15, -0.1) is 0 Å². The number of hydrogen-bond acceptors (Lipinski definition) is 5. The lowest BCUT2D eigenvalue weighted by Gasteiger charge is -2.36. The number of nitrogens with zero attached hydrogens (tertiary/aromatic N) is 5. The molecule has 1 N–H and O–H groups in total. The minimum Gasteiger partial charge on any atom is -0.354 e. The summed E-state index contributed by atoms with van der Waals surface area (Å²) in [5.74, 6) is 1.78. The van der Waals surface area contributed by atoms with E-state index in [1.807, 2.05) is 24.6 Å². The molecule has 0 saturated carbocycles. The summed E-state index contributed by atoms with van der Waals surface area (Å²) < 4.78 is 1.81. The maximum atomic E-state index is 11.9. The first kappa shape index (κ1) is 14.2. The number of anilines is 1. The Morgan fingerprint density at radius 3 is 2.87 bits per heavy atom. The molecule has 4 rings (SSSR count). The Morgan fingerprint density at radius 1 is 1.26 bits per heavy atom. The van der Waals surface area contributed by atoms with Gasteiger partial charge in [0, 0.05) is 18.8 Å². The number of piperidine rings is 1. The Kier molecular flexibility index (Phi) is 3.28. The van der Waals surface area contributed by atoms with Gasteiger partial charge in [-0.25, -0.2) is 9.67 Å². The first-order chi connectivity index (χ1) is 11.1. The fourth-order valence-corrected chi connectivity index (χ4v) is 3.68. The topological polar surface area (TPSA) is 75.9 Å². The summed E-state index contributed by atoms with van der Waals surface area (Å²) in [4.78, 5) is 23.3. The molecule has 23 heavy (non-hydrogen) atoms. The third-order valence-electron chi connectivity index (χ3n) is 4.73. The highest BCUT2D eigenvalue weighted by Crippen LogP contribution is 2.30. The SMILES string of the molecule is Cc1cc(C)n(-c2cncc(N3CCC[C@H]4C(=O)NC[C@H]43)n2)n1. The van der Waals surface area contributed by atoms with E-state index in [1.54, 1.807) is 12.4 Å². The molecule has 2 saturated heterocycles. The number of amides is 1. The van der Waals surface area contributed by atoms with Crippen molar-refractivity contribution < 1.29 is 4.79 Å². The number of carbonyl (C=O) groups excluding carboxylic acids is 1. The van der Waals surface area contributed by atoms with Crippen LogP contribution < -0.4 is 10.2 Å². The van der Waals surface area contributed by atoms with Gasteiger partial charge in [0.05, 0.1) is 30.0 Å². The molecule has 2 aromatic heterocycles. The summed E-state index contributed by atoms with van der Waals surface area (Å²) in [5.41, 5.74) is 1.99. The minimum atomic E-state index is 0.0721. The Balaban J connectivity index is 1.68. The summed E-state index contributed by atoms with van der Waals surface area (Å²) in [5, 5.41) is 7.45. The fraction of sp³-hybridized carbons (Fsp3) is 0.500. The first-order valence-corrected chi connectivity index (χ1v) is 8.03. The number of aromatic nitrogens is 4. The van der Waals surface area contributed by atoms with Gasteiger partial charge in [-0.1, -0.05) is 0 Å². The summed E-state index contributed by atoms with van der Waals surface area (Å²) in [6.45, 7) is 5.57. The zero-order valence-electron chi connectivity index (χ0n) is 13.4. The van der Waals surface area contributed by atoms with Crippen LogP contribution in [-0.4, -0.2) is 44.8 Å². The van der Waals surface area contributed by atoms with Gasteiger partial charge >= 0.3 is 0 Å². The second-order valence-electron chi connectivity index (χ2n) is 6.33. The van der Waals surface area contributed by atoms with Crippen LogP contribution in [0.3, 0.4) is 0 Å². The van der Waals surface area contributed by atoms with Crippen molar-refractivity contribution in [1.82, 2.24) is 25.1 Å². The summed E-state index contributed by atoms with van der Waals surface area (Å²) >= 11 is 0. The van der Waals surface area contributed by atoms with Crippen LogP contribution in [0, 0.1) is 19.8 Å². The minimum absolute atomic E-state index is 0.0721. The van der Waals surface area contributed by atoms with E-state index >= 15 is 0 Å². The number of carbonyl (C=O) groups is 1. The third kappa shape index (κ3) is 2.36. The molecule has 2 aromatic rings. The highest BCUT2D eigenvalue weighted by molar-refractivity contribution is 5.83. The van der Waals surface area contributed by atoms with Gasteiger partial charge in [-0.3, -0.25) is 9.78 Å². The molecule has 4 heterocycles. The van der Waals surface area contributed by atoms with Crippen molar-refractivity contribution >= 4 is 11.7 Å². The molecular weight excluding hydrogens is 292 g/mol. The van der Waals surface area contributed by atoms with Crippen LogP contribution in [0.2, 0.25) is 0 Å². The smallest absolute Gasteiger partial charge is 0.225 e. The lowest BCUT2D eigenvalue weighted by molar-refractivity contribution is -0.122. The van der Waals surface area contributed by atoms with Gasteiger partial charge in [0.15, 0.2) is 5.82 Å². The lowest BCUT2D eigenvalue weighted by Crippen LogP contribution is -2.46. The lowest BCUT2D eigenvalue weighted by atomic mass is 9.91. The normalized spacial score (nSPS) is 23.7. The monoisotopic (exact) mass is 312 g/mol. The second-order valence-corrected chi connectivity index (χ2v) is 6.33. The van der Waals surface area contributed by atoms with Gasteiger partial charge < -0.3 is 10.2 Å². The molecule has 120 valence electrons. The molecule has 2 aliphatic rings.